The summed E-state index contributed by atoms with van der Waals surface area (Å²) in [5.74, 6) is 1.82. The lowest BCUT2D eigenvalue weighted by atomic mass is 9.82. The SMILES string of the molecule is CC(CNC(C1CCCCC1)C1CC1)S(C)=O. The first-order valence-electron chi connectivity index (χ1n) is 7.24. The topological polar surface area (TPSA) is 29.1 Å². The van der Waals surface area contributed by atoms with E-state index in [-0.39, 0.29) is 0 Å². The fourth-order valence-corrected chi connectivity index (χ4v) is 3.42. The first-order valence-corrected chi connectivity index (χ1v) is 8.86. The summed E-state index contributed by atoms with van der Waals surface area (Å²) in [4.78, 5) is 0. The Kier molecular flexibility index (Phi) is 5.04. The molecule has 2 nitrogen and oxygen atoms in total. The minimum absolute atomic E-state index is 0.292. The number of hydrogen-bond donors (Lipinski definition) is 1. The van der Waals surface area contributed by atoms with Gasteiger partial charge in [-0.3, -0.25) is 4.21 Å². The maximum atomic E-state index is 11.4. The molecule has 2 aliphatic carbocycles. The first-order chi connectivity index (χ1) is 8.18. The molecule has 2 fully saturated rings. The van der Waals surface area contributed by atoms with Crippen molar-refractivity contribution >= 4 is 10.8 Å². The van der Waals surface area contributed by atoms with Gasteiger partial charge in [-0.2, -0.15) is 0 Å². The molecule has 2 saturated carbocycles. The molecule has 0 aromatic rings. The summed E-state index contributed by atoms with van der Waals surface area (Å²) in [6.45, 7) is 3.02. The summed E-state index contributed by atoms with van der Waals surface area (Å²) in [5.41, 5.74) is 0. The fourth-order valence-electron chi connectivity index (χ4n) is 3.09. The van der Waals surface area contributed by atoms with Crippen LogP contribution in [0.4, 0.5) is 0 Å². The normalized spacial score (nSPS) is 27.6. The molecule has 0 aliphatic heterocycles. The van der Waals surface area contributed by atoms with Crippen molar-refractivity contribution in [1.29, 1.82) is 0 Å². The van der Waals surface area contributed by atoms with Crippen molar-refractivity contribution < 1.29 is 4.21 Å². The molecule has 0 spiro atoms. The molecule has 1 N–H and O–H groups in total. The van der Waals surface area contributed by atoms with Gasteiger partial charge >= 0.3 is 0 Å². The average molecular weight is 257 g/mol. The van der Waals surface area contributed by atoms with Gasteiger partial charge in [0.15, 0.2) is 0 Å². The number of nitrogens with one attached hydrogen (secondary N) is 1. The zero-order chi connectivity index (χ0) is 12.3. The minimum atomic E-state index is -0.687. The molecule has 0 amide bonds. The molecule has 100 valence electrons. The van der Waals surface area contributed by atoms with Crippen molar-refractivity contribution in [3.05, 3.63) is 0 Å². The lowest BCUT2D eigenvalue weighted by Crippen LogP contribution is -2.42. The highest BCUT2D eigenvalue weighted by Crippen LogP contribution is 2.40. The molecule has 17 heavy (non-hydrogen) atoms. The predicted molar refractivity (Wildman–Crippen MR) is 74.6 cm³/mol. The van der Waals surface area contributed by atoms with Gasteiger partial charge in [0.25, 0.3) is 0 Å². The van der Waals surface area contributed by atoms with Crippen LogP contribution in [-0.4, -0.2) is 28.3 Å². The molecule has 0 bridgehead atoms. The zero-order valence-electron chi connectivity index (χ0n) is 11.3. The summed E-state index contributed by atoms with van der Waals surface area (Å²) in [5, 5.41) is 4.03. The van der Waals surface area contributed by atoms with E-state index in [4.69, 9.17) is 0 Å². The largest absolute Gasteiger partial charge is 0.312 e. The Balaban J connectivity index is 1.82. The highest BCUT2D eigenvalue weighted by Gasteiger charge is 2.36. The van der Waals surface area contributed by atoms with Gasteiger partial charge in [-0.05, 0) is 44.4 Å². The Bertz CT molecular complexity index is 259. The van der Waals surface area contributed by atoms with Crippen molar-refractivity contribution in [2.45, 2.75) is 63.2 Å². The molecule has 3 atom stereocenters. The van der Waals surface area contributed by atoms with E-state index in [0.717, 1.165) is 24.4 Å². The summed E-state index contributed by atoms with van der Waals surface area (Å²) in [6.07, 6.45) is 11.8. The van der Waals surface area contributed by atoms with Gasteiger partial charge in [-0.1, -0.05) is 19.3 Å². The van der Waals surface area contributed by atoms with Crippen LogP contribution in [0.3, 0.4) is 0 Å². The van der Waals surface area contributed by atoms with Crippen LogP contribution < -0.4 is 5.32 Å². The van der Waals surface area contributed by atoms with E-state index < -0.39 is 10.8 Å². The monoisotopic (exact) mass is 257 g/mol. The van der Waals surface area contributed by atoms with Crippen molar-refractivity contribution in [2.24, 2.45) is 11.8 Å². The van der Waals surface area contributed by atoms with Crippen LogP contribution in [0.5, 0.6) is 0 Å². The number of rotatable bonds is 6. The van der Waals surface area contributed by atoms with Crippen molar-refractivity contribution in [3.63, 3.8) is 0 Å². The summed E-state index contributed by atoms with van der Waals surface area (Å²) < 4.78 is 11.4. The second kappa shape index (κ2) is 6.33. The van der Waals surface area contributed by atoms with E-state index in [9.17, 15) is 4.21 Å². The maximum Gasteiger partial charge on any atom is 0.0441 e. The average Bonchev–Trinajstić information content (AvgIpc) is 3.15. The fraction of sp³-hybridized carbons (Fsp3) is 1.00. The van der Waals surface area contributed by atoms with Gasteiger partial charge in [0.05, 0.1) is 0 Å². The van der Waals surface area contributed by atoms with E-state index in [1.54, 1.807) is 0 Å². The molecule has 2 rings (SSSR count). The Labute approximate surface area is 108 Å². The Hall–Kier alpha value is 0.110. The quantitative estimate of drug-likeness (QED) is 0.792. The smallest absolute Gasteiger partial charge is 0.0441 e. The van der Waals surface area contributed by atoms with Crippen LogP contribution in [-0.2, 0) is 10.8 Å². The van der Waals surface area contributed by atoms with Crippen LogP contribution in [0.2, 0.25) is 0 Å². The molecule has 0 aromatic carbocycles. The Morgan fingerprint density at radius 3 is 2.24 bits per heavy atom. The third-order valence-corrected chi connectivity index (χ3v) is 5.80. The Morgan fingerprint density at radius 1 is 1.12 bits per heavy atom. The molecule has 0 aromatic heterocycles. The second-order valence-electron chi connectivity index (χ2n) is 5.98. The third-order valence-electron chi connectivity index (χ3n) is 4.50. The summed E-state index contributed by atoms with van der Waals surface area (Å²) in [6, 6.07) is 0.723. The first kappa shape index (κ1) is 13.5. The Morgan fingerprint density at radius 2 is 1.71 bits per heavy atom. The molecule has 0 radical (unpaired) electrons. The van der Waals surface area contributed by atoms with Gasteiger partial charge in [0.2, 0.25) is 0 Å². The van der Waals surface area contributed by atoms with Crippen LogP contribution in [0.1, 0.15) is 51.9 Å². The van der Waals surface area contributed by atoms with Crippen molar-refractivity contribution in [3.8, 4) is 0 Å². The van der Waals surface area contributed by atoms with E-state index in [1.165, 1.54) is 44.9 Å². The predicted octanol–water partition coefficient (Wildman–Crippen LogP) is 2.70. The molecule has 0 heterocycles. The lowest BCUT2D eigenvalue weighted by molar-refractivity contribution is 0.248. The molecular weight excluding hydrogens is 230 g/mol. The van der Waals surface area contributed by atoms with Gasteiger partial charge in [0.1, 0.15) is 0 Å². The highest BCUT2D eigenvalue weighted by molar-refractivity contribution is 7.84. The molecule has 2 aliphatic rings. The van der Waals surface area contributed by atoms with Crippen LogP contribution in [0.25, 0.3) is 0 Å². The van der Waals surface area contributed by atoms with Crippen LogP contribution in [0, 0.1) is 11.8 Å². The number of hydrogen-bond acceptors (Lipinski definition) is 2. The van der Waals surface area contributed by atoms with Gasteiger partial charge in [-0.15, -0.1) is 0 Å². The van der Waals surface area contributed by atoms with Gasteiger partial charge < -0.3 is 5.32 Å². The van der Waals surface area contributed by atoms with E-state index in [0.29, 0.717) is 5.25 Å². The zero-order valence-corrected chi connectivity index (χ0v) is 12.1. The van der Waals surface area contributed by atoms with E-state index in [2.05, 4.69) is 12.2 Å². The van der Waals surface area contributed by atoms with E-state index in [1.807, 2.05) is 6.26 Å². The van der Waals surface area contributed by atoms with E-state index >= 15 is 0 Å². The molecular formula is C14H27NOS. The van der Waals surface area contributed by atoms with Gasteiger partial charge in [0, 0.05) is 34.9 Å². The van der Waals surface area contributed by atoms with Crippen molar-refractivity contribution in [1.82, 2.24) is 5.32 Å². The maximum absolute atomic E-state index is 11.4. The summed E-state index contributed by atoms with van der Waals surface area (Å²) >= 11 is 0. The van der Waals surface area contributed by atoms with Gasteiger partial charge in [-0.25, -0.2) is 0 Å². The molecule has 0 saturated heterocycles. The van der Waals surface area contributed by atoms with Crippen molar-refractivity contribution in [2.75, 3.05) is 12.8 Å². The van der Waals surface area contributed by atoms with Crippen LogP contribution in [0.15, 0.2) is 0 Å². The standard InChI is InChI=1S/C14H27NOS/c1-11(17(2)16)10-15-14(13-8-9-13)12-6-4-3-5-7-12/h11-15H,3-10H2,1-2H3. The molecule has 3 heteroatoms. The summed E-state index contributed by atoms with van der Waals surface area (Å²) in [7, 11) is -0.687. The van der Waals surface area contributed by atoms with Crippen LogP contribution >= 0.6 is 0 Å². The molecule has 3 unspecified atom stereocenters. The highest BCUT2D eigenvalue weighted by atomic mass is 32.2. The minimum Gasteiger partial charge on any atom is -0.312 e. The third kappa shape index (κ3) is 4.06. The lowest BCUT2D eigenvalue weighted by Gasteiger charge is -2.32. The second-order valence-corrected chi connectivity index (χ2v) is 7.78.